The molecule has 110 valence electrons. The summed E-state index contributed by atoms with van der Waals surface area (Å²) in [5.74, 6) is 1.11. The van der Waals surface area contributed by atoms with Crippen molar-refractivity contribution in [2.45, 2.75) is 26.4 Å². The summed E-state index contributed by atoms with van der Waals surface area (Å²) in [5, 5.41) is 15.5. The number of benzene rings is 1. The number of carbonyl (C=O) groups is 1. The minimum atomic E-state index is -0.106. The van der Waals surface area contributed by atoms with E-state index in [0.29, 0.717) is 35.9 Å². The van der Waals surface area contributed by atoms with Crippen molar-refractivity contribution < 1.29 is 14.6 Å². The first kappa shape index (κ1) is 14.8. The molecule has 0 bridgehead atoms. The van der Waals surface area contributed by atoms with E-state index in [9.17, 15) is 9.90 Å². The minimum Gasteiger partial charge on any atom is -0.494 e. The predicted octanol–water partition coefficient (Wildman–Crippen LogP) is 1.52. The summed E-state index contributed by atoms with van der Waals surface area (Å²) in [6.45, 7) is 4.25. The van der Waals surface area contributed by atoms with Crippen molar-refractivity contribution in [2.24, 2.45) is 5.92 Å². The van der Waals surface area contributed by atoms with Crippen LogP contribution in [0.25, 0.3) is 0 Å². The molecule has 2 rings (SSSR count). The van der Waals surface area contributed by atoms with Gasteiger partial charge < -0.3 is 20.5 Å². The number of aliphatic hydroxyl groups excluding tert-OH is 1. The molecule has 20 heavy (non-hydrogen) atoms. The summed E-state index contributed by atoms with van der Waals surface area (Å²) < 4.78 is 5.41. The van der Waals surface area contributed by atoms with Crippen LogP contribution in [0.4, 0.5) is 5.69 Å². The number of hydrogen-bond acceptors (Lipinski definition) is 4. The number of nitrogens with one attached hydrogen (secondary N) is 2. The summed E-state index contributed by atoms with van der Waals surface area (Å²) in [5.41, 5.74) is 1.39. The zero-order valence-electron chi connectivity index (χ0n) is 11.8. The lowest BCUT2D eigenvalue weighted by atomic mass is 10.0. The molecular formula is C15H22N2O3. The number of hydrogen-bond donors (Lipinski definition) is 3. The van der Waals surface area contributed by atoms with Gasteiger partial charge in [-0.05, 0) is 50.6 Å². The third-order valence-corrected chi connectivity index (χ3v) is 3.45. The van der Waals surface area contributed by atoms with Crippen LogP contribution in [-0.2, 0) is 11.4 Å². The fraction of sp³-hybridized carbons (Fsp3) is 0.533. The van der Waals surface area contributed by atoms with Gasteiger partial charge in [0.05, 0.1) is 13.2 Å². The Bertz CT molecular complexity index is 456. The van der Waals surface area contributed by atoms with Crippen molar-refractivity contribution >= 4 is 11.6 Å². The van der Waals surface area contributed by atoms with Gasteiger partial charge in [-0.3, -0.25) is 4.79 Å². The Morgan fingerprint density at radius 1 is 1.55 bits per heavy atom. The molecule has 0 spiro atoms. The topological polar surface area (TPSA) is 70.6 Å². The first-order chi connectivity index (χ1) is 9.72. The maximum atomic E-state index is 11.9. The van der Waals surface area contributed by atoms with Crippen molar-refractivity contribution in [1.82, 2.24) is 5.32 Å². The number of rotatable bonds is 6. The monoisotopic (exact) mass is 278 g/mol. The molecule has 1 amide bonds. The van der Waals surface area contributed by atoms with Crippen molar-refractivity contribution in [3.63, 3.8) is 0 Å². The number of carbonyl (C=O) groups excluding carboxylic acids is 1. The van der Waals surface area contributed by atoms with Gasteiger partial charge in [-0.2, -0.15) is 0 Å². The molecule has 1 unspecified atom stereocenters. The Morgan fingerprint density at radius 3 is 3.05 bits per heavy atom. The summed E-state index contributed by atoms with van der Waals surface area (Å²) in [7, 11) is 0. The van der Waals surface area contributed by atoms with Gasteiger partial charge in [0.1, 0.15) is 5.75 Å². The highest BCUT2D eigenvalue weighted by atomic mass is 16.5. The van der Waals surface area contributed by atoms with Crippen molar-refractivity contribution in [3.8, 4) is 5.75 Å². The highest BCUT2D eigenvalue weighted by Gasteiger charge is 2.18. The summed E-state index contributed by atoms with van der Waals surface area (Å²) >= 11 is 0. The second kappa shape index (κ2) is 7.26. The summed E-state index contributed by atoms with van der Waals surface area (Å²) in [4.78, 5) is 11.9. The van der Waals surface area contributed by atoms with E-state index in [0.717, 1.165) is 19.5 Å². The van der Waals surface area contributed by atoms with E-state index in [-0.39, 0.29) is 12.5 Å². The largest absolute Gasteiger partial charge is 0.494 e. The SMILES string of the molecule is CCOc1ccc(NC(=O)CC2CCNC2)cc1CO. The molecule has 1 aromatic carbocycles. The Morgan fingerprint density at radius 2 is 2.40 bits per heavy atom. The molecular weight excluding hydrogens is 256 g/mol. The van der Waals surface area contributed by atoms with Crippen LogP contribution in [0.3, 0.4) is 0 Å². The Balaban J connectivity index is 1.96. The molecule has 0 saturated carbocycles. The smallest absolute Gasteiger partial charge is 0.224 e. The zero-order valence-corrected chi connectivity index (χ0v) is 11.8. The molecule has 1 aliphatic heterocycles. The van der Waals surface area contributed by atoms with E-state index in [4.69, 9.17) is 4.74 Å². The van der Waals surface area contributed by atoms with Crippen LogP contribution in [0.1, 0.15) is 25.3 Å². The van der Waals surface area contributed by atoms with Gasteiger partial charge in [-0.1, -0.05) is 0 Å². The molecule has 0 radical (unpaired) electrons. The lowest BCUT2D eigenvalue weighted by Gasteiger charge is -2.12. The average molecular weight is 278 g/mol. The third kappa shape index (κ3) is 3.95. The molecule has 1 aromatic rings. The van der Waals surface area contributed by atoms with Crippen LogP contribution in [0.15, 0.2) is 18.2 Å². The lowest BCUT2D eigenvalue weighted by molar-refractivity contribution is -0.116. The van der Waals surface area contributed by atoms with Gasteiger partial charge in [0.15, 0.2) is 0 Å². The number of aliphatic hydroxyl groups is 1. The van der Waals surface area contributed by atoms with Crippen LogP contribution in [0.5, 0.6) is 5.75 Å². The van der Waals surface area contributed by atoms with Gasteiger partial charge >= 0.3 is 0 Å². The lowest BCUT2D eigenvalue weighted by Crippen LogP contribution is -2.18. The van der Waals surface area contributed by atoms with E-state index < -0.39 is 0 Å². The molecule has 0 aliphatic carbocycles. The first-order valence-electron chi connectivity index (χ1n) is 7.10. The Kier molecular flexibility index (Phi) is 5.38. The molecule has 1 saturated heterocycles. The van der Waals surface area contributed by atoms with Gasteiger partial charge in [-0.15, -0.1) is 0 Å². The van der Waals surface area contributed by atoms with Gasteiger partial charge in [0.2, 0.25) is 5.91 Å². The molecule has 1 aliphatic rings. The first-order valence-corrected chi connectivity index (χ1v) is 7.10. The summed E-state index contributed by atoms with van der Waals surface area (Å²) in [6.07, 6.45) is 1.59. The van der Waals surface area contributed by atoms with E-state index in [1.807, 2.05) is 6.92 Å². The number of anilines is 1. The highest BCUT2D eigenvalue weighted by molar-refractivity contribution is 5.91. The number of amides is 1. The van der Waals surface area contributed by atoms with Crippen LogP contribution in [0, 0.1) is 5.92 Å². The van der Waals surface area contributed by atoms with Crippen LogP contribution < -0.4 is 15.4 Å². The fourth-order valence-electron chi connectivity index (χ4n) is 2.44. The van der Waals surface area contributed by atoms with E-state index in [2.05, 4.69) is 10.6 Å². The third-order valence-electron chi connectivity index (χ3n) is 3.45. The maximum absolute atomic E-state index is 11.9. The average Bonchev–Trinajstić information content (AvgIpc) is 2.93. The molecule has 1 atom stereocenters. The minimum absolute atomic E-state index is 0.0201. The molecule has 1 fully saturated rings. The molecule has 5 heteroatoms. The second-order valence-corrected chi connectivity index (χ2v) is 5.02. The van der Waals surface area contributed by atoms with Crippen LogP contribution >= 0.6 is 0 Å². The predicted molar refractivity (Wildman–Crippen MR) is 77.8 cm³/mol. The molecule has 5 nitrogen and oxygen atoms in total. The summed E-state index contributed by atoms with van der Waals surface area (Å²) in [6, 6.07) is 5.34. The second-order valence-electron chi connectivity index (χ2n) is 5.02. The van der Waals surface area contributed by atoms with Crippen molar-refractivity contribution in [3.05, 3.63) is 23.8 Å². The van der Waals surface area contributed by atoms with Gasteiger partial charge in [0.25, 0.3) is 0 Å². The molecule has 1 heterocycles. The normalized spacial score (nSPS) is 18.0. The van der Waals surface area contributed by atoms with Gasteiger partial charge in [-0.25, -0.2) is 0 Å². The Labute approximate surface area is 119 Å². The van der Waals surface area contributed by atoms with Gasteiger partial charge in [0, 0.05) is 17.7 Å². The van der Waals surface area contributed by atoms with E-state index >= 15 is 0 Å². The number of ether oxygens (including phenoxy) is 1. The maximum Gasteiger partial charge on any atom is 0.224 e. The van der Waals surface area contributed by atoms with Crippen molar-refractivity contribution in [1.29, 1.82) is 0 Å². The zero-order chi connectivity index (χ0) is 14.4. The van der Waals surface area contributed by atoms with Crippen LogP contribution in [0.2, 0.25) is 0 Å². The molecule has 0 aromatic heterocycles. The Hall–Kier alpha value is -1.59. The fourth-order valence-corrected chi connectivity index (χ4v) is 2.44. The van der Waals surface area contributed by atoms with E-state index in [1.54, 1.807) is 18.2 Å². The highest BCUT2D eigenvalue weighted by Crippen LogP contribution is 2.23. The van der Waals surface area contributed by atoms with Crippen LogP contribution in [-0.4, -0.2) is 30.7 Å². The van der Waals surface area contributed by atoms with E-state index in [1.165, 1.54) is 0 Å². The quantitative estimate of drug-likeness (QED) is 0.738. The standard InChI is InChI=1S/C15H22N2O3/c1-2-20-14-4-3-13(8-12(14)10-18)17-15(19)7-11-5-6-16-9-11/h3-4,8,11,16,18H,2,5-7,9-10H2,1H3,(H,17,19). The molecule has 3 N–H and O–H groups in total. The van der Waals surface area contributed by atoms with Crippen molar-refractivity contribution in [2.75, 3.05) is 25.0 Å².